The summed E-state index contributed by atoms with van der Waals surface area (Å²) in [6.45, 7) is 13.7. The number of ether oxygens (including phenoxy) is 3. The first kappa shape index (κ1) is 55.8. The largest absolute Gasteiger partial charge is 0.462 e. The fourth-order valence-corrected chi connectivity index (χ4v) is 7.43. The topological polar surface area (TPSA) is 140 Å². The Morgan fingerprint density at radius 3 is 1.34 bits per heavy atom. The van der Waals surface area contributed by atoms with Crippen molar-refractivity contribution in [1.82, 2.24) is 10.6 Å². The first-order chi connectivity index (χ1) is 27.9. The molecule has 2 unspecified atom stereocenters. The zero-order valence-corrected chi connectivity index (χ0v) is 38.7. The lowest BCUT2D eigenvalue weighted by atomic mass is 9.90. The van der Waals surface area contributed by atoms with Gasteiger partial charge in [-0.2, -0.15) is 0 Å². The van der Waals surface area contributed by atoms with Crippen LogP contribution in [0.4, 0.5) is 0 Å². The van der Waals surface area contributed by atoms with Crippen LogP contribution in [0.2, 0.25) is 0 Å². The molecule has 3 N–H and O–H groups in total. The van der Waals surface area contributed by atoms with Crippen molar-refractivity contribution in [2.45, 2.75) is 258 Å². The summed E-state index contributed by atoms with van der Waals surface area (Å²) >= 11 is 0. The second-order valence-corrected chi connectivity index (χ2v) is 17.8. The van der Waals surface area contributed by atoms with Gasteiger partial charge < -0.3 is 30.0 Å². The molecule has 0 aromatic carbocycles. The number of aliphatic hydroxyl groups is 1. The molecular weight excluding hydrogens is 733 g/mol. The van der Waals surface area contributed by atoms with E-state index in [0.29, 0.717) is 51.2 Å². The second-order valence-electron chi connectivity index (χ2n) is 17.8. The molecule has 0 bridgehead atoms. The summed E-state index contributed by atoms with van der Waals surface area (Å²) in [4.78, 5) is 51.4. The van der Waals surface area contributed by atoms with Gasteiger partial charge in [0.2, 0.25) is 11.8 Å². The highest BCUT2D eigenvalue weighted by molar-refractivity contribution is 5.83. The van der Waals surface area contributed by atoms with E-state index in [2.05, 4.69) is 38.3 Å². The molecule has 10 nitrogen and oxygen atoms in total. The molecule has 1 rings (SSSR count). The van der Waals surface area contributed by atoms with E-state index < -0.39 is 17.8 Å². The highest BCUT2D eigenvalue weighted by atomic mass is 16.6. The molecule has 342 valence electrons. The number of esters is 2. The maximum atomic E-state index is 13.0. The average molecular weight is 825 g/mol. The zero-order valence-electron chi connectivity index (χ0n) is 38.7. The molecule has 0 aromatic rings. The Labute approximate surface area is 356 Å². The van der Waals surface area contributed by atoms with E-state index in [4.69, 9.17) is 19.3 Å². The van der Waals surface area contributed by atoms with E-state index in [9.17, 15) is 19.2 Å². The van der Waals surface area contributed by atoms with Gasteiger partial charge >= 0.3 is 11.9 Å². The third-order valence-electron chi connectivity index (χ3n) is 11.0. The van der Waals surface area contributed by atoms with Crippen LogP contribution >= 0.6 is 0 Å². The van der Waals surface area contributed by atoms with E-state index in [1.165, 1.54) is 103 Å². The van der Waals surface area contributed by atoms with Crippen LogP contribution in [0.25, 0.3) is 0 Å². The van der Waals surface area contributed by atoms with E-state index >= 15 is 0 Å². The maximum absolute atomic E-state index is 13.0. The van der Waals surface area contributed by atoms with Crippen molar-refractivity contribution in [2.75, 3.05) is 20.3 Å². The summed E-state index contributed by atoms with van der Waals surface area (Å²) in [5.41, 5.74) is -0.492. The normalized spacial score (nSPS) is 16.7. The lowest BCUT2D eigenvalue weighted by molar-refractivity contribution is -0.160. The Morgan fingerprint density at radius 2 is 0.948 bits per heavy atom. The summed E-state index contributed by atoms with van der Waals surface area (Å²) in [7, 11) is 1.00. The Bertz CT molecular complexity index is 972. The number of carbonyl (C=O) groups is 4. The van der Waals surface area contributed by atoms with Gasteiger partial charge in [-0.3, -0.25) is 19.2 Å². The molecular formula is C48H92N2O8. The maximum Gasteiger partial charge on any atom is 0.306 e. The Kier molecular flexibility index (Phi) is 36.3. The Morgan fingerprint density at radius 1 is 0.569 bits per heavy atom. The van der Waals surface area contributed by atoms with Crippen LogP contribution in [-0.2, 0) is 33.4 Å². The molecule has 58 heavy (non-hydrogen) atoms. The average Bonchev–Trinajstić information content (AvgIpc) is 3.18. The zero-order chi connectivity index (χ0) is 43.3. The summed E-state index contributed by atoms with van der Waals surface area (Å²) in [5, 5.41) is 12.9. The number of aliphatic hydroxyl groups excluding tert-OH is 1. The van der Waals surface area contributed by atoms with Crippen LogP contribution < -0.4 is 10.6 Å². The van der Waals surface area contributed by atoms with Crippen molar-refractivity contribution in [3.05, 3.63) is 0 Å². The second kappa shape index (κ2) is 37.8. The number of hydrogen-bond donors (Lipinski definition) is 3. The van der Waals surface area contributed by atoms with Gasteiger partial charge in [0.25, 0.3) is 0 Å². The molecule has 2 atom stereocenters. The number of amides is 2. The van der Waals surface area contributed by atoms with Crippen molar-refractivity contribution >= 4 is 23.8 Å². The summed E-state index contributed by atoms with van der Waals surface area (Å²) < 4.78 is 17.8. The molecule has 0 radical (unpaired) electrons. The Balaban J connectivity index is 0.0000160. The molecule has 10 heteroatoms. The lowest BCUT2D eigenvalue weighted by Crippen LogP contribution is -2.46. The summed E-state index contributed by atoms with van der Waals surface area (Å²) in [5.74, 6) is -0.344. The fourth-order valence-electron chi connectivity index (χ4n) is 7.43. The minimum atomic E-state index is -0.492. The van der Waals surface area contributed by atoms with Crippen molar-refractivity contribution in [3.8, 4) is 0 Å². The van der Waals surface area contributed by atoms with Crippen LogP contribution in [0.15, 0.2) is 0 Å². The summed E-state index contributed by atoms with van der Waals surface area (Å²) in [6.07, 6.45) is 29.1. The van der Waals surface area contributed by atoms with Crippen molar-refractivity contribution in [2.24, 2.45) is 5.92 Å². The molecule has 0 aliphatic heterocycles. The molecule has 0 aromatic heterocycles. The van der Waals surface area contributed by atoms with Crippen LogP contribution in [0.3, 0.4) is 0 Å². The van der Waals surface area contributed by atoms with Gasteiger partial charge in [-0.25, -0.2) is 0 Å². The van der Waals surface area contributed by atoms with Gasteiger partial charge in [0, 0.05) is 71.2 Å². The SMILES string of the molecule is CCCCCCCCCCCCCC(=O)OC1CC(NC(=O)CCC(=O)NCC(C)(C)OCCC(C)C)CC(OC(=O)CCCCCCCCCCCCC)C1.CO. The lowest BCUT2D eigenvalue weighted by Gasteiger charge is -2.34. The minimum absolute atomic E-state index is 0.0452. The van der Waals surface area contributed by atoms with Crippen molar-refractivity contribution in [1.29, 1.82) is 0 Å². The minimum Gasteiger partial charge on any atom is -0.462 e. The predicted octanol–water partition coefficient (Wildman–Crippen LogP) is 11.2. The number of carbonyl (C=O) groups excluding carboxylic acids is 4. The molecule has 0 heterocycles. The first-order valence-corrected chi connectivity index (χ1v) is 24.0. The molecule has 2 amide bonds. The Hall–Kier alpha value is -2.20. The van der Waals surface area contributed by atoms with Gasteiger partial charge in [-0.1, -0.05) is 156 Å². The van der Waals surface area contributed by atoms with E-state index in [-0.39, 0.29) is 42.6 Å². The summed E-state index contributed by atoms with van der Waals surface area (Å²) in [6, 6.07) is -0.313. The van der Waals surface area contributed by atoms with Gasteiger partial charge in [0.15, 0.2) is 0 Å². The fraction of sp³-hybridized carbons (Fsp3) is 0.917. The van der Waals surface area contributed by atoms with Crippen molar-refractivity contribution in [3.63, 3.8) is 0 Å². The van der Waals surface area contributed by atoms with Gasteiger partial charge in [0.05, 0.1) is 5.60 Å². The predicted molar refractivity (Wildman–Crippen MR) is 238 cm³/mol. The van der Waals surface area contributed by atoms with E-state index in [1.54, 1.807) is 0 Å². The number of hydrogen-bond acceptors (Lipinski definition) is 8. The van der Waals surface area contributed by atoms with Crippen molar-refractivity contribution < 1.29 is 38.5 Å². The quantitative estimate of drug-likeness (QED) is 0.0419. The monoisotopic (exact) mass is 825 g/mol. The van der Waals surface area contributed by atoms with Crippen LogP contribution in [0.5, 0.6) is 0 Å². The van der Waals surface area contributed by atoms with Gasteiger partial charge in [-0.15, -0.1) is 0 Å². The number of nitrogens with one attached hydrogen (secondary N) is 2. The van der Waals surface area contributed by atoms with Gasteiger partial charge in [-0.05, 0) is 39.0 Å². The molecule has 1 fully saturated rings. The molecule has 0 saturated heterocycles. The molecule has 1 saturated carbocycles. The van der Waals surface area contributed by atoms with Gasteiger partial charge in [0.1, 0.15) is 12.2 Å². The molecule has 1 aliphatic rings. The smallest absolute Gasteiger partial charge is 0.306 e. The first-order valence-electron chi connectivity index (χ1n) is 24.0. The van der Waals surface area contributed by atoms with Crippen LogP contribution in [0, 0.1) is 5.92 Å². The van der Waals surface area contributed by atoms with Crippen LogP contribution in [-0.4, -0.2) is 73.0 Å². The highest BCUT2D eigenvalue weighted by Gasteiger charge is 2.34. The molecule has 1 aliphatic carbocycles. The third kappa shape index (κ3) is 34.6. The molecule has 0 spiro atoms. The number of rotatable bonds is 36. The van der Waals surface area contributed by atoms with E-state index in [0.717, 1.165) is 52.1 Å². The van der Waals surface area contributed by atoms with E-state index in [1.807, 2.05) is 13.8 Å². The van der Waals surface area contributed by atoms with Crippen LogP contribution in [0.1, 0.15) is 234 Å². The highest BCUT2D eigenvalue weighted by Crippen LogP contribution is 2.26. The number of unbranched alkanes of at least 4 members (excludes halogenated alkanes) is 20. The third-order valence-corrected chi connectivity index (χ3v) is 11.0. The standard InChI is InChI=1S/C47H88N2O7.CH4O/c1-7-9-11-13-15-17-19-21-23-25-27-29-45(52)55-41-35-40(49-44(51)32-31-43(50)48-38-47(5,6)54-34-33-39(3)4)36-42(37-41)56-46(53)30-28-26-24-22-20-18-16-14-12-10-8-2;1-2/h39-42H,7-38H2,1-6H3,(H,48,50)(H,49,51);2H,1H3.